The van der Waals surface area contributed by atoms with Crippen molar-refractivity contribution in [3.05, 3.63) is 18.5 Å². The fourth-order valence-corrected chi connectivity index (χ4v) is 4.68. The minimum Gasteiger partial charge on any atom is -0.489 e. The Morgan fingerprint density at radius 1 is 1.09 bits per heavy atom. The third-order valence-electron chi connectivity index (χ3n) is 5.88. The monoisotopic (exact) mass is 494 g/mol. The summed E-state index contributed by atoms with van der Waals surface area (Å²) >= 11 is 0. The van der Waals surface area contributed by atoms with E-state index in [0.717, 1.165) is 26.0 Å². The van der Waals surface area contributed by atoms with E-state index < -0.39 is 28.2 Å². The molecule has 0 unspecified atom stereocenters. The van der Waals surface area contributed by atoms with Crippen molar-refractivity contribution in [2.24, 2.45) is 0 Å². The zero-order valence-corrected chi connectivity index (χ0v) is 19.4. The van der Waals surface area contributed by atoms with Crippen LogP contribution < -0.4 is 4.74 Å². The summed E-state index contributed by atoms with van der Waals surface area (Å²) in [6, 6.07) is 1.55. The minimum absolute atomic E-state index is 0.0189. The second-order valence-corrected chi connectivity index (χ2v) is 10.5. The number of hydrogen-bond acceptors (Lipinski definition) is 7. The van der Waals surface area contributed by atoms with Crippen LogP contribution in [0.15, 0.2) is 23.4 Å². The summed E-state index contributed by atoms with van der Waals surface area (Å²) < 4.78 is 78.1. The molecular weight excluding hydrogens is 465 g/mol. The van der Waals surface area contributed by atoms with Gasteiger partial charge in [-0.15, -0.1) is 0 Å². The summed E-state index contributed by atoms with van der Waals surface area (Å²) in [6.07, 6.45) is -0.0148. The van der Waals surface area contributed by atoms with Crippen LogP contribution in [0.1, 0.15) is 45.4 Å². The van der Waals surface area contributed by atoms with E-state index in [1.807, 2.05) is 0 Å². The first-order valence-corrected chi connectivity index (χ1v) is 12.8. The summed E-state index contributed by atoms with van der Waals surface area (Å²) in [5, 5.41) is 0. The van der Waals surface area contributed by atoms with Crippen LogP contribution in [0.3, 0.4) is 0 Å². The zero-order chi connectivity index (χ0) is 24.2. The Kier molecular flexibility index (Phi) is 8.09. The van der Waals surface area contributed by atoms with E-state index in [2.05, 4.69) is 9.72 Å². The molecular formula is C21H29F3N2O6S. The molecule has 1 aromatic rings. The number of likely N-dealkylation sites (tertiary alicyclic amines) is 1. The van der Waals surface area contributed by atoms with Crippen molar-refractivity contribution in [2.45, 2.75) is 80.9 Å². The van der Waals surface area contributed by atoms with Gasteiger partial charge in [0.05, 0.1) is 18.3 Å². The number of nitrogens with zero attached hydrogens (tertiary/aromatic N) is 2. The van der Waals surface area contributed by atoms with Gasteiger partial charge in [-0.05, 0) is 51.5 Å². The Hall–Kier alpha value is -2.08. The third-order valence-corrected chi connectivity index (χ3v) is 6.99. The van der Waals surface area contributed by atoms with E-state index in [1.54, 1.807) is 6.07 Å². The molecule has 8 nitrogen and oxygen atoms in total. The van der Waals surface area contributed by atoms with Gasteiger partial charge in [0, 0.05) is 31.7 Å². The normalized spacial score (nSPS) is 23.7. The second-order valence-electron chi connectivity index (χ2n) is 8.50. The van der Waals surface area contributed by atoms with Gasteiger partial charge in [-0.3, -0.25) is 4.98 Å². The van der Waals surface area contributed by atoms with E-state index in [0.29, 0.717) is 31.4 Å². The average Bonchev–Trinajstić information content (AvgIpc) is 2.74. The number of amides is 1. The van der Waals surface area contributed by atoms with Crippen LogP contribution in [0.2, 0.25) is 0 Å². The number of pyridine rings is 1. The number of alkyl halides is 3. The van der Waals surface area contributed by atoms with Gasteiger partial charge in [0.1, 0.15) is 10.6 Å². The molecule has 3 rings (SSSR count). The summed E-state index contributed by atoms with van der Waals surface area (Å²) in [4.78, 5) is 17.1. The lowest BCUT2D eigenvalue weighted by Gasteiger charge is -2.36. The van der Waals surface area contributed by atoms with Gasteiger partial charge in [-0.25, -0.2) is 13.2 Å². The van der Waals surface area contributed by atoms with E-state index in [-0.39, 0.29) is 36.3 Å². The molecule has 1 saturated heterocycles. The highest BCUT2D eigenvalue weighted by atomic mass is 32.2. The molecule has 0 N–H and O–H groups in total. The smallest absolute Gasteiger partial charge is 0.425 e. The van der Waals surface area contributed by atoms with Gasteiger partial charge in [0.2, 0.25) is 0 Å². The number of ether oxygens (including phenoxy) is 3. The van der Waals surface area contributed by atoms with Crippen molar-refractivity contribution in [1.29, 1.82) is 0 Å². The van der Waals surface area contributed by atoms with Crippen molar-refractivity contribution in [3.63, 3.8) is 0 Å². The van der Waals surface area contributed by atoms with Crippen LogP contribution in [-0.2, 0) is 19.3 Å². The Morgan fingerprint density at radius 2 is 1.67 bits per heavy atom. The molecule has 1 aliphatic heterocycles. The lowest BCUT2D eigenvalue weighted by atomic mass is 9.94. The number of carbonyl (C=O) groups is 1. The summed E-state index contributed by atoms with van der Waals surface area (Å²) in [5.41, 5.74) is 0. The zero-order valence-electron chi connectivity index (χ0n) is 18.6. The molecule has 0 bridgehead atoms. The number of hydrogen-bond donors (Lipinski definition) is 0. The number of halogens is 3. The van der Waals surface area contributed by atoms with Crippen LogP contribution >= 0.6 is 0 Å². The Labute approximate surface area is 191 Å². The maximum Gasteiger partial charge on any atom is 0.425 e. The van der Waals surface area contributed by atoms with Crippen LogP contribution in [0.4, 0.5) is 18.0 Å². The lowest BCUT2D eigenvalue weighted by Crippen LogP contribution is -2.44. The molecule has 1 atom stereocenters. The lowest BCUT2D eigenvalue weighted by molar-refractivity contribution is -0.200. The summed E-state index contributed by atoms with van der Waals surface area (Å²) in [5.74, 6) is 0.302. The predicted octanol–water partition coefficient (Wildman–Crippen LogP) is 3.74. The average molecular weight is 495 g/mol. The topological polar surface area (TPSA) is 95.0 Å². The molecule has 2 fully saturated rings. The molecule has 12 heteroatoms. The second kappa shape index (κ2) is 10.5. The number of piperidine rings is 1. The van der Waals surface area contributed by atoms with Gasteiger partial charge >= 0.3 is 12.3 Å². The van der Waals surface area contributed by atoms with Gasteiger partial charge in [-0.2, -0.15) is 13.2 Å². The third kappa shape index (κ3) is 7.20. The highest BCUT2D eigenvalue weighted by Crippen LogP contribution is 2.31. The van der Waals surface area contributed by atoms with Gasteiger partial charge in [-0.1, -0.05) is 0 Å². The number of carbonyl (C=O) groups excluding carboxylic acids is 1. The van der Waals surface area contributed by atoms with E-state index in [4.69, 9.17) is 9.47 Å². The van der Waals surface area contributed by atoms with Crippen LogP contribution in [-0.4, -0.2) is 74.3 Å². The van der Waals surface area contributed by atoms with Gasteiger partial charge in [0.15, 0.2) is 15.9 Å². The molecule has 186 valence electrons. The van der Waals surface area contributed by atoms with Crippen molar-refractivity contribution in [2.75, 3.05) is 19.3 Å². The molecule has 1 amide bonds. The largest absolute Gasteiger partial charge is 0.489 e. The summed E-state index contributed by atoms with van der Waals surface area (Å²) in [6.45, 7) is 1.37. The van der Waals surface area contributed by atoms with E-state index in [9.17, 15) is 26.4 Å². The minimum atomic E-state index is -4.58. The SMILES string of the molecule is C[C@@H](OC(=O)N1CCC(OC2CCC(Oc3ccncc3S(C)(=O)=O)CC2)CC1)C(F)(F)F. The van der Waals surface area contributed by atoms with Crippen molar-refractivity contribution < 1.29 is 40.6 Å². The molecule has 2 heterocycles. The highest BCUT2D eigenvalue weighted by Gasteiger charge is 2.40. The fourth-order valence-electron chi connectivity index (χ4n) is 3.95. The standard InChI is InChI=1S/C21H29F3N2O6S/c1-14(21(22,23)24)30-20(27)26-11-8-17(9-12-26)31-15-3-5-16(6-4-15)32-18-7-10-25-13-19(18)33(2,28)29/h7,10,13-17H,3-6,8-9,11-12H2,1-2H3/t14-,15?,16?/m1/s1. The molecule has 1 aromatic heterocycles. The number of sulfone groups is 1. The molecule has 0 spiro atoms. The molecule has 2 aliphatic rings. The molecule has 1 aliphatic carbocycles. The summed E-state index contributed by atoms with van der Waals surface area (Å²) in [7, 11) is -3.44. The van der Waals surface area contributed by atoms with Gasteiger partial charge in [0.25, 0.3) is 0 Å². The van der Waals surface area contributed by atoms with Crippen LogP contribution in [0, 0.1) is 0 Å². The van der Waals surface area contributed by atoms with Crippen LogP contribution in [0.25, 0.3) is 0 Å². The highest BCUT2D eigenvalue weighted by molar-refractivity contribution is 7.90. The van der Waals surface area contributed by atoms with Crippen LogP contribution in [0.5, 0.6) is 5.75 Å². The van der Waals surface area contributed by atoms with E-state index in [1.165, 1.54) is 17.3 Å². The quantitative estimate of drug-likeness (QED) is 0.595. The fraction of sp³-hybridized carbons (Fsp3) is 0.714. The first kappa shape index (κ1) is 25.5. The molecule has 33 heavy (non-hydrogen) atoms. The first-order valence-electron chi connectivity index (χ1n) is 10.9. The maximum atomic E-state index is 12.6. The van der Waals surface area contributed by atoms with Crippen molar-refractivity contribution >= 4 is 15.9 Å². The Balaban J connectivity index is 1.41. The van der Waals surface area contributed by atoms with E-state index >= 15 is 0 Å². The number of rotatable bonds is 6. The Morgan fingerprint density at radius 3 is 2.24 bits per heavy atom. The van der Waals surface area contributed by atoms with Crippen molar-refractivity contribution in [3.8, 4) is 5.75 Å². The first-order chi connectivity index (χ1) is 15.4. The number of aromatic nitrogens is 1. The van der Waals surface area contributed by atoms with Gasteiger partial charge < -0.3 is 19.1 Å². The Bertz CT molecular complexity index is 911. The molecule has 0 radical (unpaired) electrons. The van der Waals surface area contributed by atoms with Crippen molar-refractivity contribution in [1.82, 2.24) is 9.88 Å². The maximum absolute atomic E-state index is 12.6. The predicted molar refractivity (Wildman–Crippen MR) is 112 cm³/mol. The molecule has 0 aromatic carbocycles. The molecule has 1 saturated carbocycles.